The summed E-state index contributed by atoms with van der Waals surface area (Å²) in [4.78, 5) is 6.57. The molecule has 2 rings (SSSR count). The summed E-state index contributed by atoms with van der Waals surface area (Å²) in [6.07, 6.45) is 2.28. The molecule has 0 atom stereocenters. The van der Waals surface area contributed by atoms with Gasteiger partial charge in [0.15, 0.2) is 0 Å². The molecule has 4 N–H and O–H groups in total. The Kier molecular flexibility index (Phi) is 3.68. The summed E-state index contributed by atoms with van der Waals surface area (Å²) in [5.74, 6) is 2.01. The van der Waals surface area contributed by atoms with Crippen LogP contribution in [0.25, 0.3) is 0 Å². The predicted octanol–water partition coefficient (Wildman–Crippen LogP) is 1.11. The van der Waals surface area contributed by atoms with Gasteiger partial charge in [-0.1, -0.05) is 0 Å². The highest BCUT2D eigenvalue weighted by molar-refractivity contribution is 5.62. The monoisotopic (exact) mass is 236 g/mol. The fraction of sp³-hybridized carbons (Fsp3) is 0.583. The number of pyridine rings is 1. The molecular weight excluding hydrogens is 216 g/mol. The van der Waals surface area contributed by atoms with Crippen molar-refractivity contribution in [1.29, 1.82) is 0 Å². The minimum atomic E-state index is 0.418. The fourth-order valence-corrected chi connectivity index (χ4v) is 2.22. The number of piperidine rings is 1. The third-order valence-electron chi connectivity index (χ3n) is 3.28. The standard InChI is InChI=1S/C12H20N4O/c1-17-8-9-4-6-16(7-5-9)11-3-2-10(13)12(14)15-11/h2-3,9H,4-8,13H2,1H3,(H2,14,15). The molecule has 0 unspecified atom stereocenters. The van der Waals surface area contributed by atoms with Gasteiger partial charge < -0.3 is 21.1 Å². The second-order valence-corrected chi connectivity index (χ2v) is 4.53. The van der Waals surface area contributed by atoms with Crippen LogP contribution < -0.4 is 16.4 Å². The van der Waals surface area contributed by atoms with Crippen molar-refractivity contribution in [3.63, 3.8) is 0 Å². The largest absolute Gasteiger partial charge is 0.396 e. The first-order valence-electron chi connectivity index (χ1n) is 5.96. The van der Waals surface area contributed by atoms with Gasteiger partial charge in [0.05, 0.1) is 5.69 Å². The Balaban J connectivity index is 1.98. The average Bonchev–Trinajstić information content (AvgIpc) is 2.34. The van der Waals surface area contributed by atoms with Crippen LogP contribution in [-0.2, 0) is 4.74 Å². The number of hydrogen-bond donors (Lipinski definition) is 2. The third kappa shape index (κ3) is 2.79. The summed E-state index contributed by atoms with van der Waals surface area (Å²) >= 11 is 0. The Morgan fingerprint density at radius 1 is 1.35 bits per heavy atom. The van der Waals surface area contributed by atoms with E-state index < -0.39 is 0 Å². The molecule has 0 aliphatic carbocycles. The lowest BCUT2D eigenvalue weighted by Gasteiger charge is -2.32. The third-order valence-corrected chi connectivity index (χ3v) is 3.28. The SMILES string of the molecule is COCC1CCN(c2ccc(N)c(N)n2)CC1. The van der Waals surface area contributed by atoms with Crippen LogP contribution in [0.15, 0.2) is 12.1 Å². The number of aromatic nitrogens is 1. The molecule has 0 bridgehead atoms. The van der Waals surface area contributed by atoms with Gasteiger partial charge in [0.2, 0.25) is 0 Å². The number of nitrogen functional groups attached to an aromatic ring is 2. The van der Waals surface area contributed by atoms with Crippen LogP contribution >= 0.6 is 0 Å². The molecule has 1 aromatic heterocycles. The zero-order chi connectivity index (χ0) is 12.3. The molecule has 5 nitrogen and oxygen atoms in total. The van der Waals surface area contributed by atoms with E-state index in [1.807, 2.05) is 12.1 Å². The first-order valence-corrected chi connectivity index (χ1v) is 5.96. The summed E-state index contributed by atoms with van der Waals surface area (Å²) in [5, 5.41) is 0. The van der Waals surface area contributed by atoms with Crippen molar-refractivity contribution < 1.29 is 4.74 Å². The van der Waals surface area contributed by atoms with E-state index in [0.717, 1.165) is 38.4 Å². The van der Waals surface area contributed by atoms with Gasteiger partial charge in [-0.25, -0.2) is 4.98 Å². The van der Waals surface area contributed by atoms with Gasteiger partial charge >= 0.3 is 0 Å². The number of methoxy groups -OCH3 is 1. The van der Waals surface area contributed by atoms with E-state index in [9.17, 15) is 0 Å². The lowest BCUT2D eigenvalue weighted by atomic mass is 9.98. The molecule has 5 heteroatoms. The molecule has 1 aromatic rings. The smallest absolute Gasteiger partial charge is 0.149 e. The molecule has 1 saturated heterocycles. The van der Waals surface area contributed by atoms with Gasteiger partial charge in [-0.3, -0.25) is 0 Å². The molecule has 0 aromatic carbocycles. The van der Waals surface area contributed by atoms with E-state index in [1.165, 1.54) is 0 Å². The topological polar surface area (TPSA) is 77.4 Å². The molecule has 0 radical (unpaired) electrons. The molecule has 0 amide bonds. The van der Waals surface area contributed by atoms with Crippen LogP contribution in [0.4, 0.5) is 17.3 Å². The normalized spacial score (nSPS) is 17.4. The minimum absolute atomic E-state index is 0.418. The van der Waals surface area contributed by atoms with E-state index in [1.54, 1.807) is 7.11 Å². The summed E-state index contributed by atoms with van der Waals surface area (Å²) < 4.78 is 5.19. The average molecular weight is 236 g/mol. The molecular formula is C12H20N4O. The first-order chi connectivity index (χ1) is 8.20. The van der Waals surface area contributed by atoms with Crippen LogP contribution in [0.2, 0.25) is 0 Å². The second kappa shape index (κ2) is 5.23. The van der Waals surface area contributed by atoms with Crippen molar-refractivity contribution in [1.82, 2.24) is 4.98 Å². The van der Waals surface area contributed by atoms with Crippen LogP contribution in [0.5, 0.6) is 0 Å². The highest BCUT2D eigenvalue weighted by Gasteiger charge is 2.20. The zero-order valence-corrected chi connectivity index (χ0v) is 10.2. The summed E-state index contributed by atoms with van der Waals surface area (Å²) in [6.45, 7) is 2.86. The van der Waals surface area contributed by atoms with E-state index >= 15 is 0 Å². The van der Waals surface area contributed by atoms with E-state index in [2.05, 4.69) is 9.88 Å². The van der Waals surface area contributed by atoms with Crippen molar-refractivity contribution in [2.24, 2.45) is 5.92 Å². The maximum Gasteiger partial charge on any atom is 0.149 e. The van der Waals surface area contributed by atoms with Gasteiger partial charge in [0.1, 0.15) is 11.6 Å². The number of anilines is 3. The zero-order valence-electron chi connectivity index (χ0n) is 10.2. The lowest BCUT2D eigenvalue weighted by Crippen LogP contribution is -2.35. The van der Waals surface area contributed by atoms with Crippen molar-refractivity contribution >= 4 is 17.3 Å². The van der Waals surface area contributed by atoms with Gasteiger partial charge in [0.25, 0.3) is 0 Å². The molecule has 1 aliphatic heterocycles. The quantitative estimate of drug-likeness (QED) is 0.822. The Morgan fingerprint density at radius 3 is 2.65 bits per heavy atom. The van der Waals surface area contributed by atoms with Crippen LogP contribution in [0, 0.1) is 5.92 Å². The van der Waals surface area contributed by atoms with Crippen molar-refractivity contribution in [3.8, 4) is 0 Å². The molecule has 0 spiro atoms. The van der Waals surface area contributed by atoms with Gasteiger partial charge in [-0.05, 0) is 30.9 Å². The number of rotatable bonds is 3. The fourth-order valence-electron chi connectivity index (χ4n) is 2.22. The molecule has 17 heavy (non-hydrogen) atoms. The van der Waals surface area contributed by atoms with Gasteiger partial charge in [-0.15, -0.1) is 0 Å². The molecule has 0 saturated carbocycles. The Labute approximate surface area is 102 Å². The summed E-state index contributed by atoms with van der Waals surface area (Å²) in [5.41, 5.74) is 11.9. The molecule has 2 heterocycles. The Hall–Kier alpha value is -1.49. The van der Waals surface area contributed by atoms with Gasteiger partial charge in [0, 0.05) is 26.8 Å². The maximum atomic E-state index is 5.72. The first kappa shape index (κ1) is 12.0. The molecule has 94 valence electrons. The van der Waals surface area contributed by atoms with Crippen molar-refractivity contribution in [2.45, 2.75) is 12.8 Å². The second-order valence-electron chi connectivity index (χ2n) is 4.53. The van der Waals surface area contributed by atoms with Crippen molar-refractivity contribution in [2.75, 3.05) is 43.2 Å². The van der Waals surface area contributed by atoms with Crippen LogP contribution in [0.3, 0.4) is 0 Å². The summed E-state index contributed by atoms with van der Waals surface area (Å²) in [6, 6.07) is 3.75. The highest BCUT2D eigenvalue weighted by atomic mass is 16.5. The predicted molar refractivity (Wildman–Crippen MR) is 69.9 cm³/mol. The highest BCUT2D eigenvalue weighted by Crippen LogP contribution is 2.24. The summed E-state index contributed by atoms with van der Waals surface area (Å²) in [7, 11) is 1.76. The Bertz CT molecular complexity index is 375. The van der Waals surface area contributed by atoms with E-state index in [-0.39, 0.29) is 0 Å². The number of hydrogen-bond acceptors (Lipinski definition) is 5. The number of nitrogens with two attached hydrogens (primary N) is 2. The van der Waals surface area contributed by atoms with Gasteiger partial charge in [-0.2, -0.15) is 0 Å². The van der Waals surface area contributed by atoms with Crippen LogP contribution in [-0.4, -0.2) is 31.8 Å². The maximum absolute atomic E-state index is 5.72. The van der Waals surface area contributed by atoms with Crippen molar-refractivity contribution in [3.05, 3.63) is 12.1 Å². The minimum Gasteiger partial charge on any atom is -0.396 e. The lowest BCUT2D eigenvalue weighted by molar-refractivity contribution is 0.139. The molecule has 1 aliphatic rings. The number of ether oxygens (including phenoxy) is 1. The van der Waals surface area contributed by atoms with E-state index in [4.69, 9.17) is 16.2 Å². The molecule has 1 fully saturated rings. The Morgan fingerprint density at radius 2 is 2.06 bits per heavy atom. The van der Waals surface area contributed by atoms with E-state index in [0.29, 0.717) is 17.4 Å². The number of nitrogens with zero attached hydrogens (tertiary/aromatic N) is 2. The van der Waals surface area contributed by atoms with Crippen LogP contribution in [0.1, 0.15) is 12.8 Å².